The molecule has 1 aliphatic heterocycles. The summed E-state index contributed by atoms with van der Waals surface area (Å²) >= 11 is 0. The van der Waals surface area contributed by atoms with Crippen LogP contribution in [-0.4, -0.2) is 31.8 Å². The van der Waals surface area contributed by atoms with E-state index in [1.54, 1.807) is 6.20 Å². The van der Waals surface area contributed by atoms with Crippen LogP contribution in [0.15, 0.2) is 28.0 Å². The smallest absolute Gasteiger partial charge is 0.331 e. The Morgan fingerprint density at radius 3 is 2.74 bits per heavy atom. The molecule has 0 amide bonds. The van der Waals surface area contributed by atoms with Crippen molar-refractivity contribution in [3.8, 4) is 0 Å². The van der Waals surface area contributed by atoms with Crippen LogP contribution in [0.25, 0.3) is 21.9 Å². The summed E-state index contributed by atoms with van der Waals surface area (Å²) in [6.45, 7) is 1.03. The predicted molar refractivity (Wildman–Crippen MR) is 103 cm³/mol. The molecule has 0 spiro atoms. The number of ether oxygens (including phenoxy) is 1. The van der Waals surface area contributed by atoms with Crippen molar-refractivity contribution in [2.45, 2.75) is 63.6 Å². The second-order valence-electron chi connectivity index (χ2n) is 7.76. The summed E-state index contributed by atoms with van der Waals surface area (Å²) < 4.78 is 8.95. The van der Waals surface area contributed by atoms with Crippen molar-refractivity contribution < 1.29 is 4.74 Å². The number of aromatic nitrogens is 4. The van der Waals surface area contributed by atoms with Crippen molar-refractivity contribution in [2.24, 2.45) is 0 Å². The van der Waals surface area contributed by atoms with Crippen molar-refractivity contribution in [1.82, 2.24) is 19.1 Å². The molecule has 4 heterocycles. The average Bonchev–Trinajstić information content (AvgIpc) is 3.37. The average molecular weight is 368 g/mol. The molecular formula is C20H24N4O3. The van der Waals surface area contributed by atoms with Crippen LogP contribution >= 0.6 is 0 Å². The summed E-state index contributed by atoms with van der Waals surface area (Å²) in [6, 6.07) is 2.04. The van der Waals surface area contributed by atoms with Crippen LogP contribution in [0, 0.1) is 0 Å². The number of fused-ring (bicyclic) bond motifs is 3. The number of pyridine rings is 1. The Balaban J connectivity index is 1.80. The molecule has 1 aliphatic carbocycles. The summed E-state index contributed by atoms with van der Waals surface area (Å²) in [7, 11) is 0. The lowest BCUT2D eigenvalue weighted by atomic mass is 9.95. The van der Waals surface area contributed by atoms with Crippen LogP contribution in [0.5, 0.6) is 0 Å². The molecule has 0 bridgehead atoms. The van der Waals surface area contributed by atoms with Crippen LogP contribution in [0.4, 0.5) is 0 Å². The fourth-order valence-corrected chi connectivity index (χ4v) is 4.70. The standard InChI is InChI=1S/C20H24N4O3/c25-19-16-11-22-18-15(8-9-21-18)17(16)24(13-5-2-1-3-6-13)20(26)23(19)12-14-7-4-10-27-14/h8-9,11,13-14H,1-7,10,12H2,(H,21,22). The topological polar surface area (TPSA) is 81.9 Å². The first kappa shape index (κ1) is 16.7. The van der Waals surface area contributed by atoms with E-state index in [-0.39, 0.29) is 23.4 Å². The quantitative estimate of drug-likeness (QED) is 0.771. The van der Waals surface area contributed by atoms with Gasteiger partial charge in [0.15, 0.2) is 0 Å². The minimum atomic E-state index is -0.256. The zero-order valence-corrected chi connectivity index (χ0v) is 15.3. The van der Waals surface area contributed by atoms with Gasteiger partial charge in [-0.15, -0.1) is 0 Å². The van der Waals surface area contributed by atoms with E-state index in [1.165, 1.54) is 11.0 Å². The Morgan fingerprint density at radius 1 is 1.11 bits per heavy atom. The second-order valence-corrected chi connectivity index (χ2v) is 7.76. The fraction of sp³-hybridized carbons (Fsp3) is 0.550. The molecule has 1 saturated carbocycles. The van der Waals surface area contributed by atoms with Gasteiger partial charge >= 0.3 is 5.69 Å². The lowest BCUT2D eigenvalue weighted by Gasteiger charge is -2.26. The molecule has 1 N–H and O–H groups in total. The van der Waals surface area contributed by atoms with Gasteiger partial charge in [-0.1, -0.05) is 19.3 Å². The van der Waals surface area contributed by atoms with Crippen molar-refractivity contribution in [2.75, 3.05) is 6.61 Å². The minimum absolute atomic E-state index is 0.0587. The third kappa shape index (κ3) is 2.72. The van der Waals surface area contributed by atoms with E-state index in [2.05, 4.69) is 9.97 Å². The number of rotatable bonds is 3. The number of aromatic amines is 1. The van der Waals surface area contributed by atoms with Gasteiger partial charge in [-0.25, -0.2) is 9.78 Å². The van der Waals surface area contributed by atoms with Gasteiger partial charge in [0, 0.05) is 30.4 Å². The zero-order chi connectivity index (χ0) is 18.4. The monoisotopic (exact) mass is 368 g/mol. The molecule has 142 valence electrons. The maximum atomic E-state index is 13.5. The first-order valence-electron chi connectivity index (χ1n) is 9.97. The molecule has 0 radical (unpaired) electrons. The fourth-order valence-electron chi connectivity index (χ4n) is 4.70. The van der Waals surface area contributed by atoms with E-state index in [4.69, 9.17) is 4.74 Å². The van der Waals surface area contributed by atoms with Crippen LogP contribution in [0.3, 0.4) is 0 Å². The van der Waals surface area contributed by atoms with Crippen LogP contribution in [0.2, 0.25) is 0 Å². The Hall–Kier alpha value is -2.41. The van der Waals surface area contributed by atoms with Gasteiger partial charge in [-0.2, -0.15) is 0 Å². The first-order chi connectivity index (χ1) is 13.2. The van der Waals surface area contributed by atoms with Crippen molar-refractivity contribution in [3.63, 3.8) is 0 Å². The second kappa shape index (κ2) is 6.64. The molecule has 7 nitrogen and oxygen atoms in total. The Bertz CT molecular complexity index is 1100. The molecule has 1 saturated heterocycles. The molecule has 5 rings (SSSR count). The predicted octanol–water partition coefficient (Wildman–Crippen LogP) is 2.72. The molecule has 1 unspecified atom stereocenters. The molecular weight excluding hydrogens is 344 g/mol. The Labute approximate surface area is 156 Å². The highest BCUT2D eigenvalue weighted by atomic mass is 16.5. The lowest BCUT2D eigenvalue weighted by molar-refractivity contribution is 0.0945. The highest BCUT2D eigenvalue weighted by molar-refractivity contribution is 6.01. The number of H-pyrrole nitrogens is 1. The first-order valence-corrected chi connectivity index (χ1v) is 9.97. The van der Waals surface area contributed by atoms with Gasteiger partial charge in [-0.05, 0) is 31.7 Å². The SMILES string of the molecule is O=c1c2cnc3[nH]ccc3c2n(C2CCCCC2)c(=O)n1CC1CCCO1. The summed E-state index contributed by atoms with van der Waals surface area (Å²) in [5.41, 5.74) is 0.978. The highest BCUT2D eigenvalue weighted by Gasteiger charge is 2.25. The molecule has 3 aromatic heterocycles. The third-order valence-corrected chi connectivity index (χ3v) is 6.06. The van der Waals surface area contributed by atoms with E-state index >= 15 is 0 Å². The molecule has 2 fully saturated rings. The van der Waals surface area contributed by atoms with Crippen molar-refractivity contribution >= 4 is 21.9 Å². The van der Waals surface area contributed by atoms with Gasteiger partial charge in [0.25, 0.3) is 5.56 Å². The largest absolute Gasteiger partial charge is 0.376 e. The molecule has 3 aromatic rings. The Kier molecular flexibility index (Phi) is 4.11. The molecule has 2 aliphatic rings. The van der Waals surface area contributed by atoms with Crippen LogP contribution in [-0.2, 0) is 11.3 Å². The third-order valence-electron chi connectivity index (χ3n) is 6.06. The van der Waals surface area contributed by atoms with E-state index in [0.717, 1.165) is 49.4 Å². The van der Waals surface area contributed by atoms with E-state index in [9.17, 15) is 9.59 Å². The summed E-state index contributed by atoms with van der Waals surface area (Å²) in [6.07, 6.45) is 10.6. The van der Waals surface area contributed by atoms with Gasteiger partial charge in [0.2, 0.25) is 0 Å². The molecule has 0 aromatic carbocycles. The highest BCUT2D eigenvalue weighted by Crippen LogP contribution is 2.31. The zero-order valence-electron chi connectivity index (χ0n) is 15.3. The summed E-state index contributed by atoms with van der Waals surface area (Å²) in [4.78, 5) is 34.2. The van der Waals surface area contributed by atoms with Crippen molar-refractivity contribution in [1.29, 1.82) is 0 Å². The van der Waals surface area contributed by atoms with Gasteiger partial charge in [0.05, 0.1) is 23.6 Å². The van der Waals surface area contributed by atoms with Crippen LogP contribution < -0.4 is 11.2 Å². The maximum Gasteiger partial charge on any atom is 0.331 e. The number of nitrogens with zero attached hydrogens (tertiary/aromatic N) is 3. The van der Waals surface area contributed by atoms with Crippen molar-refractivity contribution in [3.05, 3.63) is 39.3 Å². The lowest BCUT2D eigenvalue weighted by Crippen LogP contribution is -2.44. The Morgan fingerprint density at radius 2 is 1.96 bits per heavy atom. The minimum Gasteiger partial charge on any atom is -0.376 e. The van der Waals surface area contributed by atoms with Crippen LogP contribution in [0.1, 0.15) is 51.0 Å². The number of hydrogen-bond donors (Lipinski definition) is 1. The van der Waals surface area contributed by atoms with E-state index in [0.29, 0.717) is 24.2 Å². The van der Waals surface area contributed by atoms with Gasteiger partial charge < -0.3 is 9.72 Å². The normalized spacial score (nSPS) is 21.4. The maximum absolute atomic E-state index is 13.5. The van der Waals surface area contributed by atoms with E-state index in [1.807, 2.05) is 16.8 Å². The van der Waals surface area contributed by atoms with Gasteiger partial charge in [-0.3, -0.25) is 13.9 Å². The molecule has 7 heteroatoms. The van der Waals surface area contributed by atoms with E-state index < -0.39 is 0 Å². The molecule has 27 heavy (non-hydrogen) atoms. The summed E-state index contributed by atoms with van der Waals surface area (Å²) in [5.74, 6) is 0. The number of nitrogens with one attached hydrogen (secondary N) is 1. The summed E-state index contributed by atoms with van der Waals surface area (Å²) in [5, 5.41) is 1.36. The number of hydrogen-bond acceptors (Lipinski definition) is 4. The van der Waals surface area contributed by atoms with Gasteiger partial charge in [0.1, 0.15) is 5.65 Å². The molecule has 1 atom stereocenters.